The van der Waals surface area contributed by atoms with Crippen molar-refractivity contribution < 1.29 is 22.0 Å². The number of halogens is 5. The lowest BCUT2D eigenvalue weighted by molar-refractivity contribution is -0.0925. The monoisotopic (exact) mass is 585 g/mol. The largest absolute Gasteiger partial charge is 0.430 e. The van der Waals surface area contributed by atoms with Crippen LogP contribution in [-0.2, 0) is 18.9 Å². The highest BCUT2D eigenvalue weighted by Crippen LogP contribution is 2.41. The molecule has 0 saturated heterocycles. The highest BCUT2D eigenvalue weighted by molar-refractivity contribution is 5.98. The second-order valence-electron chi connectivity index (χ2n) is 11.2. The lowest BCUT2D eigenvalue weighted by Gasteiger charge is -2.21. The molecule has 10 heteroatoms. The van der Waals surface area contributed by atoms with Gasteiger partial charge in [-0.3, -0.25) is 4.99 Å². The highest BCUT2D eigenvalue weighted by atomic mass is 19.4. The summed E-state index contributed by atoms with van der Waals surface area (Å²) in [6, 6.07) is 14.5. The second-order valence-corrected chi connectivity index (χ2v) is 11.2. The third-order valence-corrected chi connectivity index (χ3v) is 7.22. The standard InChI is InChI=1S/C32H36F5N5/c1-19(2)23-9-5-6-10-24(23)30-41-28-25(11-7-8-16-31(28,33)34)29(42-30)39-18-21-12-14-22(15-13-21)40-26(20(3)4)17-27(38)32(35,36)37/h5-6,9-10,12-15,17,19-20H,7-8,11,16,18,38H2,1-4H3,(H,39,41,42)/b27-17-,40-26?. The second kappa shape index (κ2) is 12.6. The van der Waals surface area contributed by atoms with Gasteiger partial charge in [-0.2, -0.15) is 22.0 Å². The third-order valence-electron chi connectivity index (χ3n) is 7.22. The molecule has 0 saturated carbocycles. The van der Waals surface area contributed by atoms with Gasteiger partial charge in [0.1, 0.15) is 17.2 Å². The predicted molar refractivity (Wildman–Crippen MR) is 157 cm³/mol. The van der Waals surface area contributed by atoms with E-state index >= 15 is 8.78 Å². The Balaban J connectivity index is 1.65. The average molecular weight is 586 g/mol. The first-order chi connectivity index (χ1) is 19.8. The van der Waals surface area contributed by atoms with Gasteiger partial charge in [-0.15, -0.1) is 0 Å². The van der Waals surface area contributed by atoms with E-state index in [-0.39, 0.29) is 35.5 Å². The van der Waals surface area contributed by atoms with Crippen molar-refractivity contribution >= 4 is 17.2 Å². The van der Waals surface area contributed by atoms with Gasteiger partial charge in [0.25, 0.3) is 5.92 Å². The molecular formula is C32H36F5N5. The summed E-state index contributed by atoms with van der Waals surface area (Å²) < 4.78 is 69.4. The van der Waals surface area contributed by atoms with Crippen LogP contribution in [0.5, 0.6) is 0 Å². The molecule has 0 atom stereocenters. The minimum atomic E-state index is -4.63. The Morgan fingerprint density at radius 3 is 2.36 bits per heavy atom. The van der Waals surface area contributed by atoms with Crippen LogP contribution < -0.4 is 11.1 Å². The molecule has 0 amide bonds. The lowest BCUT2D eigenvalue weighted by Crippen LogP contribution is -2.21. The number of fused-ring (bicyclic) bond motifs is 1. The number of hydrogen-bond donors (Lipinski definition) is 2. The summed E-state index contributed by atoms with van der Waals surface area (Å²) in [5.41, 5.74) is 7.39. The maximum absolute atomic E-state index is 15.3. The van der Waals surface area contributed by atoms with E-state index in [1.165, 1.54) is 0 Å². The van der Waals surface area contributed by atoms with Crippen molar-refractivity contribution in [3.63, 3.8) is 0 Å². The number of nitrogens with two attached hydrogens (primary N) is 1. The zero-order valence-electron chi connectivity index (χ0n) is 24.2. The summed E-state index contributed by atoms with van der Waals surface area (Å²) in [6.45, 7) is 7.84. The average Bonchev–Trinajstić information content (AvgIpc) is 3.09. The molecule has 3 N–H and O–H groups in total. The molecule has 5 nitrogen and oxygen atoms in total. The number of allylic oxidation sites excluding steroid dienone is 2. The summed E-state index contributed by atoms with van der Waals surface area (Å²) in [5, 5.41) is 3.26. The molecule has 3 aromatic rings. The van der Waals surface area contributed by atoms with Gasteiger partial charge < -0.3 is 11.1 Å². The molecule has 1 aliphatic carbocycles. The molecule has 1 aliphatic rings. The number of aliphatic imine (C=N–C) groups is 1. The van der Waals surface area contributed by atoms with E-state index in [9.17, 15) is 13.2 Å². The minimum absolute atomic E-state index is 0.151. The van der Waals surface area contributed by atoms with Crippen LogP contribution in [0.4, 0.5) is 33.5 Å². The molecule has 1 aromatic heterocycles. The van der Waals surface area contributed by atoms with E-state index in [0.717, 1.165) is 22.8 Å². The Morgan fingerprint density at radius 2 is 1.71 bits per heavy atom. The molecule has 0 aliphatic heterocycles. The predicted octanol–water partition coefficient (Wildman–Crippen LogP) is 8.83. The fourth-order valence-corrected chi connectivity index (χ4v) is 4.85. The van der Waals surface area contributed by atoms with Crippen molar-refractivity contribution in [2.24, 2.45) is 16.6 Å². The Morgan fingerprint density at radius 1 is 1.02 bits per heavy atom. The van der Waals surface area contributed by atoms with Crippen LogP contribution >= 0.6 is 0 Å². The van der Waals surface area contributed by atoms with Crippen LogP contribution in [0.15, 0.2) is 65.3 Å². The fraction of sp³-hybridized carbons (Fsp3) is 0.406. The van der Waals surface area contributed by atoms with Gasteiger partial charge in [-0.25, -0.2) is 9.97 Å². The number of hydrogen-bond acceptors (Lipinski definition) is 5. The normalized spacial score (nSPS) is 16.0. The van der Waals surface area contributed by atoms with E-state index in [4.69, 9.17) is 10.7 Å². The van der Waals surface area contributed by atoms with Crippen molar-refractivity contribution in [3.8, 4) is 11.4 Å². The zero-order valence-corrected chi connectivity index (χ0v) is 24.2. The number of nitrogens with zero attached hydrogens (tertiary/aromatic N) is 3. The number of anilines is 1. The number of benzene rings is 2. The fourth-order valence-electron chi connectivity index (χ4n) is 4.85. The van der Waals surface area contributed by atoms with Gasteiger partial charge in [0.2, 0.25) is 0 Å². The first-order valence-electron chi connectivity index (χ1n) is 14.1. The number of nitrogens with one attached hydrogen (secondary N) is 1. The molecular weight excluding hydrogens is 549 g/mol. The van der Waals surface area contributed by atoms with Crippen molar-refractivity contribution in [3.05, 3.63) is 82.7 Å². The summed E-state index contributed by atoms with van der Waals surface area (Å²) in [5.74, 6) is -2.55. The Bertz CT molecular complexity index is 1460. The smallest absolute Gasteiger partial charge is 0.395 e. The van der Waals surface area contributed by atoms with Crippen molar-refractivity contribution in [2.45, 2.75) is 77.9 Å². The van der Waals surface area contributed by atoms with Gasteiger partial charge in [0.05, 0.1) is 5.69 Å². The van der Waals surface area contributed by atoms with Gasteiger partial charge in [0.15, 0.2) is 5.82 Å². The van der Waals surface area contributed by atoms with Crippen LogP contribution in [0.25, 0.3) is 11.4 Å². The number of alkyl halides is 5. The van der Waals surface area contributed by atoms with Crippen LogP contribution in [-0.4, -0.2) is 21.9 Å². The summed E-state index contributed by atoms with van der Waals surface area (Å²) >= 11 is 0. The molecule has 224 valence electrons. The highest BCUT2D eigenvalue weighted by Gasteiger charge is 2.39. The summed E-state index contributed by atoms with van der Waals surface area (Å²) in [4.78, 5) is 13.6. The van der Waals surface area contributed by atoms with Gasteiger partial charge >= 0.3 is 6.18 Å². The maximum Gasteiger partial charge on any atom is 0.430 e. The van der Waals surface area contributed by atoms with E-state index in [2.05, 4.69) is 15.3 Å². The summed E-state index contributed by atoms with van der Waals surface area (Å²) in [6.07, 6.45) is -2.59. The Labute approximate surface area is 243 Å². The van der Waals surface area contributed by atoms with Gasteiger partial charge in [0, 0.05) is 29.8 Å². The van der Waals surface area contributed by atoms with E-state index in [1.54, 1.807) is 38.1 Å². The topological polar surface area (TPSA) is 76.2 Å². The Hall–Kier alpha value is -3.82. The lowest BCUT2D eigenvalue weighted by atomic mass is 9.96. The van der Waals surface area contributed by atoms with Crippen LogP contribution in [0.1, 0.15) is 75.3 Å². The van der Waals surface area contributed by atoms with E-state index < -0.39 is 17.8 Å². The minimum Gasteiger partial charge on any atom is -0.395 e. The summed E-state index contributed by atoms with van der Waals surface area (Å²) in [7, 11) is 0. The third kappa shape index (κ3) is 7.33. The van der Waals surface area contributed by atoms with Gasteiger partial charge in [-0.05, 0) is 60.4 Å². The number of rotatable bonds is 8. The Kier molecular flexibility index (Phi) is 9.33. The first kappa shape index (κ1) is 31.1. The molecule has 0 radical (unpaired) electrons. The molecule has 4 rings (SSSR count). The van der Waals surface area contributed by atoms with E-state index in [1.807, 2.05) is 38.1 Å². The van der Waals surface area contributed by atoms with Gasteiger partial charge in [-0.1, -0.05) is 64.1 Å². The molecule has 0 fully saturated rings. The molecule has 42 heavy (non-hydrogen) atoms. The molecule has 1 heterocycles. The van der Waals surface area contributed by atoms with Crippen molar-refractivity contribution in [2.75, 3.05) is 5.32 Å². The quantitative estimate of drug-likeness (QED) is 0.157. The molecule has 2 aromatic carbocycles. The van der Waals surface area contributed by atoms with Crippen LogP contribution in [0.3, 0.4) is 0 Å². The van der Waals surface area contributed by atoms with Crippen molar-refractivity contribution in [1.29, 1.82) is 0 Å². The maximum atomic E-state index is 15.3. The van der Waals surface area contributed by atoms with E-state index in [0.29, 0.717) is 42.9 Å². The van der Waals surface area contributed by atoms with Crippen LogP contribution in [0.2, 0.25) is 0 Å². The SMILES string of the molecule is CC(C)C(/C=C(\N)C(F)(F)F)=Nc1ccc(CNc2nc(-c3ccccc3C(C)C)nc3c2CCCCC3(F)F)cc1. The zero-order chi connectivity index (χ0) is 30.7. The van der Waals surface area contributed by atoms with Crippen molar-refractivity contribution in [1.82, 2.24) is 9.97 Å². The van der Waals surface area contributed by atoms with Crippen LogP contribution in [0, 0.1) is 5.92 Å². The first-order valence-corrected chi connectivity index (χ1v) is 14.1. The molecule has 0 spiro atoms. The molecule has 0 bridgehead atoms. The number of aromatic nitrogens is 2. The molecule has 0 unspecified atom stereocenters.